The highest BCUT2D eigenvalue weighted by Crippen LogP contribution is 2.52. The molecule has 0 fully saturated rings. The minimum atomic E-state index is -6.41. The van der Waals surface area contributed by atoms with E-state index in [0.717, 1.165) is 0 Å². The summed E-state index contributed by atoms with van der Waals surface area (Å²) in [5, 5.41) is 3.18. The topological polar surface area (TPSA) is 41.1 Å². The van der Waals surface area contributed by atoms with E-state index >= 15 is 0 Å². The summed E-state index contributed by atoms with van der Waals surface area (Å²) < 4.78 is 109. The minimum Gasteiger partial charge on any atom is -0.350 e. The van der Waals surface area contributed by atoms with E-state index in [2.05, 4.69) is 6.58 Å². The Morgan fingerprint density at radius 3 is 1.62 bits per heavy atom. The second-order valence-corrected chi connectivity index (χ2v) is 6.38. The van der Waals surface area contributed by atoms with Crippen LogP contribution in [0.1, 0.15) is 27.7 Å². The second-order valence-electron chi connectivity index (χ2n) is 6.38. The molecule has 1 atom stereocenters. The molecule has 0 bridgehead atoms. The van der Waals surface area contributed by atoms with Crippen molar-refractivity contribution in [1.29, 1.82) is 0 Å². The summed E-state index contributed by atoms with van der Waals surface area (Å²) in [5.74, 6) is -25.9. The monoisotopic (exact) mass is 398 g/mol. The average molecular weight is 398 g/mol. The molecule has 0 aliphatic rings. The van der Waals surface area contributed by atoms with E-state index in [0.29, 0.717) is 0 Å². The fourth-order valence-electron chi connectivity index (χ4n) is 1.54. The first-order chi connectivity index (χ1) is 11.4. The molecule has 26 heavy (non-hydrogen) atoms. The average Bonchev–Trinajstić information content (AvgIpc) is 2.49. The molecule has 1 amide bonds. The lowest BCUT2D eigenvalue weighted by molar-refractivity contribution is -0.362. The molecule has 0 aromatic heterocycles. The van der Waals surface area contributed by atoms with Gasteiger partial charge in [-0.2, -0.15) is 35.1 Å². The third-order valence-corrected chi connectivity index (χ3v) is 3.69. The fourth-order valence-corrected chi connectivity index (χ4v) is 1.54. The highest BCUT2D eigenvalue weighted by atomic mass is 19.4. The summed E-state index contributed by atoms with van der Waals surface area (Å²) in [6.45, 7) is 4.28. The van der Waals surface area contributed by atoms with Crippen molar-refractivity contribution in [2.24, 2.45) is 5.92 Å². The van der Waals surface area contributed by atoms with Gasteiger partial charge in [-0.25, -0.2) is 0 Å². The number of amides is 1. The molecule has 0 heterocycles. The van der Waals surface area contributed by atoms with Gasteiger partial charge in [-0.1, -0.05) is 26.0 Å². The van der Waals surface area contributed by atoms with Crippen molar-refractivity contribution in [1.82, 2.24) is 10.6 Å². The molecule has 0 rings (SSSR count). The number of nitrogens with one attached hydrogen (secondary N) is 2. The Morgan fingerprint density at radius 1 is 0.885 bits per heavy atom. The Labute approximate surface area is 146 Å². The number of rotatable bonds is 10. The highest BCUT2D eigenvalue weighted by molar-refractivity contribution is 5.77. The molecule has 1 unspecified atom stereocenters. The van der Waals surface area contributed by atoms with Gasteiger partial charge in [-0.05, 0) is 13.8 Å². The molecule has 0 aliphatic heterocycles. The van der Waals surface area contributed by atoms with Gasteiger partial charge in [0.2, 0.25) is 5.91 Å². The number of alkyl halides is 8. The van der Waals surface area contributed by atoms with Crippen molar-refractivity contribution < 1.29 is 39.9 Å². The van der Waals surface area contributed by atoms with Crippen LogP contribution in [-0.4, -0.2) is 48.7 Å². The largest absolute Gasteiger partial charge is 0.380 e. The summed E-state index contributed by atoms with van der Waals surface area (Å²) in [5.41, 5.74) is 0.248. The Balaban J connectivity index is 5.42. The minimum absolute atomic E-state index is 0.248. The van der Waals surface area contributed by atoms with Crippen LogP contribution in [0, 0.1) is 5.92 Å². The molecule has 0 saturated heterocycles. The van der Waals surface area contributed by atoms with Gasteiger partial charge < -0.3 is 10.6 Å². The van der Waals surface area contributed by atoms with Crippen molar-refractivity contribution in [3.05, 3.63) is 12.2 Å². The first-order valence-corrected chi connectivity index (χ1v) is 7.58. The van der Waals surface area contributed by atoms with Crippen LogP contribution in [0.15, 0.2) is 12.2 Å². The predicted molar refractivity (Wildman–Crippen MR) is 79.9 cm³/mol. The van der Waals surface area contributed by atoms with Crippen LogP contribution in [0.5, 0.6) is 0 Å². The Morgan fingerprint density at radius 2 is 1.27 bits per heavy atom. The van der Waals surface area contributed by atoms with Crippen molar-refractivity contribution in [2.75, 3.05) is 13.1 Å². The summed E-state index contributed by atoms with van der Waals surface area (Å²) in [7, 11) is 0. The van der Waals surface area contributed by atoms with Gasteiger partial charge in [0.15, 0.2) is 0 Å². The molecule has 0 aromatic carbocycles. The lowest BCUT2D eigenvalue weighted by Crippen LogP contribution is -2.66. The SMILES string of the molecule is C=C(C)C(C)NCC(F)(F)C(F)(F)C(F)(F)C(F)(F)CNC(=O)C(C)C. The van der Waals surface area contributed by atoms with Crippen LogP contribution < -0.4 is 10.6 Å². The molecule has 0 spiro atoms. The van der Waals surface area contributed by atoms with E-state index in [-0.39, 0.29) is 5.57 Å². The van der Waals surface area contributed by atoms with Gasteiger partial charge >= 0.3 is 23.7 Å². The van der Waals surface area contributed by atoms with Gasteiger partial charge in [-0.15, -0.1) is 0 Å². The maximum absolute atomic E-state index is 13.7. The summed E-state index contributed by atoms with van der Waals surface area (Å²) >= 11 is 0. The van der Waals surface area contributed by atoms with E-state index in [1.54, 1.807) is 0 Å². The maximum Gasteiger partial charge on any atom is 0.380 e. The third-order valence-electron chi connectivity index (χ3n) is 3.69. The summed E-state index contributed by atoms with van der Waals surface area (Å²) in [6.07, 6.45) is 0. The lowest BCUT2D eigenvalue weighted by Gasteiger charge is -2.37. The molecular formula is C15H22F8N2O. The zero-order chi connectivity index (χ0) is 21.1. The number of hydrogen-bond donors (Lipinski definition) is 2. The molecule has 3 nitrogen and oxygen atoms in total. The predicted octanol–water partition coefficient (Wildman–Crippen LogP) is 3.85. The molecule has 0 aromatic rings. The molecule has 11 heteroatoms. The van der Waals surface area contributed by atoms with Crippen LogP contribution in [0.4, 0.5) is 35.1 Å². The zero-order valence-corrected chi connectivity index (χ0v) is 14.7. The van der Waals surface area contributed by atoms with Gasteiger partial charge in [0.05, 0.1) is 13.1 Å². The molecule has 0 radical (unpaired) electrons. The number of carbonyl (C=O) groups excluding carboxylic acids is 1. The third kappa shape index (κ3) is 5.08. The Kier molecular flexibility index (Phi) is 7.66. The molecule has 154 valence electrons. The number of hydrogen-bond acceptors (Lipinski definition) is 2. The van der Waals surface area contributed by atoms with Crippen LogP contribution in [0.25, 0.3) is 0 Å². The van der Waals surface area contributed by atoms with Crippen molar-refractivity contribution in [3.8, 4) is 0 Å². The van der Waals surface area contributed by atoms with E-state index < -0.39 is 54.6 Å². The smallest absolute Gasteiger partial charge is 0.350 e. The zero-order valence-electron chi connectivity index (χ0n) is 14.7. The molecular weight excluding hydrogens is 376 g/mol. The van der Waals surface area contributed by atoms with Crippen molar-refractivity contribution in [3.63, 3.8) is 0 Å². The Hall–Kier alpha value is -1.39. The highest BCUT2D eigenvalue weighted by Gasteiger charge is 2.80. The van der Waals surface area contributed by atoms with Gasteiger partial charge in [0.25, 0.3) is 0 Å². The van der Waals surface area contributed by atoms with E-state index in [1.807, 2.05) is 5.32 Å². The van der Waals surface area contributed by atoms with Gasteiger partial charge in [0.1, 0.15) is 0 Å². The van der Waals surface area contributed by atoms with Crippen LogP contribution in [0.3, 0.4) is 0 Å². The standard InChI is InChI=1S/C15H22F8N2O/c1-8(2)10(5)24-6-12(16,17)14(20,21)15(22,23)13(18,19)7-25-11(26)9(3)4/h9-10,24H,1,6-7H2,2-5H3,(H,25,26). The summed E-state index contributed by atoms with van der Waals surface area (Å²) in [6, 6.07) is -0.934. The lowest BCUT2D eigenvalue weighted by atomic mass is 9.97. The molecule has 2 N–H and O–H groups in total. The first-order valence-electron chi connectivity index (χ1n) is 7.58. The van der Waals surface area contributed by atoms with E-state index in [9.17, 15) is 39.9 Å². The molecule has 0 aliphatic carbocycles. The van der Waals surface area contributed by atoms with Crippen molar-refractivity contribution in [2.45, 2.75) is 57.4 Å². The quantitative estimate of drug-likeness (QED) is 0.434. The second kappa shape index (κ2) is 8.10. The summed E-state index contributed by atoms with van der Waals surface area (Å²) in [4.78, 5) is 11.2. The Bertz CT molecular complexity index is 520. The van der Waals surface area contributed by atoms with E-state index in [1.165, 1.54) is 33.0 Å². The fraction of sp³-hybridized carbons (Fsp3) is 0.800. The van der Waals surface area contributed by atoms with E-state index in [4.69, 9.17) is 0 Å². The normalized spacial score (nSPS) is 15.1. The first kappa shape index (κ1) is 24.6. The maximum atomic E-state index is 13.7. The molecule has 0 saturated carbocycles. The van der Waals surface area contributed by atoms with Crippen LogP contribution >= 0.6 is 0 Å². The van der Waals surface area contributed by atoms with Crippen LogP contribution in [-0.2, 0) is 4.79 Å². The van der Waals surface area contributed by atoms with Crippen molar-refractivity contribution >= 4 is 5.91 Å². The van der Waals surface area contributed by atoms with Gasteiger partial charge in [0, 0.05) is 12.0 Å². The number of carbonyl (C=O) groups is 1. The number of halogens is 8. The van der Waals surface area contributed by atoms with Gasteiger partial charge in [-0.3, -0.25) is 4.79 Å². The van der Waals surface area contributed by atoms with Crippen LogP contribution in [0.2, 0.25) is 0 Å².